The minimum absolute atomic E-state index is 0.426. The summed E-state index contributed by atoms with van der Waals surface area (Å²) in [5, 5.41) is 0. The molecule has 2 heteroatoms. The molecule has 0 N–H and O–H groups in total. The van der Waals surface area contributed by atoms with Crippen LogP contribution >= 0.6 is 0 Å². The molecule has 0 amide bonds. The monoisotopic (exact) mass is 148 g/mol. The lowest BCUT2D eigenvalue weighted by Gasteiger charge is -2.25. The van der Waals surface area contributed by atoms with E-state index in [1.54, 1.807) is 6.20 Å². The zero-order valence-corrected chi connectivity index (χ0v) is 6.29. The predicted octanol–water partition coefficient (Wildman–Crippen LogP) is 1.81. The van der Waals surface area contributed by atoms with Crippen LogP contribution in [0.15, 0.2) is 18.3 Å². The van der Waals surface area contributed by atoms with Crippen LogP contribution in [0.5, 0.6) is 5.75 Å². The highest BCUT2D eigenvalue weighted by Crippen LogP contribution is 2.23. The molecule has 11 heavy (non-hydrogen) atoms. The van der Waals surface area contributed by atoms with Crippen molar-refractivity contribution in [2.75, 3.05) is 0 Å². The minimum atomic E-state index is 0.426. The molecule has 0 aliphatic heterocycles. The maximum atomic E-state index is 5.53. The van der Waals surface area contributed by atoms with Crippen LogP contribution in [-0.2, 0) is 0 Å². The Labute approximate surface area is 66.2 Å². The van der Waals surface area contributed by atoms with Crippen LogP contribution in [0.2, 0.25) is 0 Å². The standard InChI is InChI=1S/C9H10NO/c1-3-8(4-1)11-9-5-2-6-10-7-9/h2,5-6,8H,1,3-4H2. The van der Waals surface area contributed by atoms with Gasteiger partial charge in [0, 0.05) is 6.20 Å². The second kappa shape index (κ2) is 2.91. The molecule has 2 nitrogen and oxygen atoms in total. The second-order valence-corrected chi connectivity index (χ2v) is 2.78. The van der Waals surface area contributed by atoms with Crippen LogP contribution < -0.4 is 4.74 Å². The number of rotatable bonds is 2. The fraction of sp³-hybridized carbons (Fsp3) is 0.444. The Morgan fingerprint density at radius 2 is 2.45 bits per heavy atom. The lowest BCUT2D eigenvalue weighted by Crippen LogP contribution is -2.24. The van der Waals surface area contributed by atoms with Gasteiger partial charge in [-0.25, -0.2) is 0 Å². The number of hydrogen-bond donors (Lipinski definition) is 0. The van der Waals surface area contributed by atoms with Crippen molar-refractivity contribution in [3.8, 4) is 5.75 Å². The summed E-state index contributed by atoms with van der Waals surface area (Å²) in [5.41, 5.74) is 0. The molecule has 0 bridgehead atoms. The quantitative estimate of drug-likeness (QED) is 0.638. The van der Waals surface area contributed by atoms with Crippen molar-refractivity contribution >= 4 is 0 Å². The van der Waals surface area contributed by atoms with Gasteiger partial charge in [-0.2, -0.15) is 0 Å². The van der Waals surface area contributed by atoms with E-state index in [2.05, 4.69) is 11.2 Å². The van der Waals surface area contributed by atoms with Crippen LogP contribution in [0.25, 0.3) is 0 Å². The smallest absolute Gasteiger partial charge is 0.147 e. The van der Waals surface area contributed by atoms with E-state index in [9.17, 15) is 0 Å². The summed E-state index contributed by atoms with van der Waals surface area (Å²) in [6.45, 7) is 0. The summed E-state index contributed by atoms with van der Waals surface area (Å²) < 4.78 is 5.53. The van der Waals surface area contributed by atoms with Gasteiger partial charge in [0.1, 0.15) is 11.9 Å². The van der Waals surface area contributed by atoms with E-state index in [-0.39, 0.29) is 0 Å². The van der Waals surface area contributed by atoms with Crippen molar-refractivity contribution < 1.29 is 4.74 Å². The Morgan fingerprint density at radius 1 is 1.55 bits per heavy atom. The fourth-order valence-electron chi connectivity index (χ4n) is 1.05. The molecule has 1 aromatic rings. The van der Waals surface area contributed by atoms with E-state index in [1.807, 2.05) is 12.1 Å². The van der Waals surface area contributed by atoms with Crippen LogP contribution in [0.1, 0.15) is 19.3 Å². The van der Waals surface area contributed by atoms with Crippen molar-refractivity contribution in [1.29, 1.82) is 0 Å². The topological polar surface area (TPSA) is 22.1 Å². The van der Waals surface area contributed by atoms with Gasteiger partial charge in [-0.1, -0.05) is 0 Å². The third-order valence-corrected chi connectivity index (χ3v) is 1.93. The molecular formula is C9H10NO. The number of aromatic nitrogens is 1. The highest BCUT2D eigenvalue weighted by molar-refractivity contribution is 5.14. The number of nitrogens with zero attached hydrogens (tertiary/aromatic N) is 1. The van der Waals surface area contributed by atoms with Gasteiger partial charge in [-0.15, -0.1) is 0 Å². The van der Waals surface area contributed by atoms with Crippen molar-refractivity contribution in [2.24, 2.45) is 0 Å². The first-order valence-corrected chi connectivity index (χ1v) is 3.94. The highest BCUT2D eigenvalue weighted by Gasteiger charge is 2.18. The summed E-state index contributed by atoms with van der Waals surface area (Å²) >= 11 is 0. The molecule has 1 saturated carbocycles. The molecule has 0 spiro atoms. The van der Waals surface area contributed by atoms with Gasteiger partial charge in [0.05, 0.1) is 6.10 Å². The third-order valence-electron chi connectivity index (χ3n) is 1.93. The average Bonchev–Trinajstić information content (AvgIpc) is 1.99. The number of ether oxygens (including phenoxy) is 1. The van der Waals surface area contributed by atoms with Gasteiger partial charge in [-0.05, 0) is 31.4 Å². The summed E-state index contributed by atoms with van der Waals surface area (Å²) in [6, 6.07) is 3.76. The Kier molecular flexibility index (Phi) is 1.76. The Morgan fingerprint density at radius 3 is 3.00 bits per heavy atom. The molecule has 1 aliphatic rings. The maximum Gasteiger partial charge on any atom is 0.147 e. The van der Waals surface area contributed by atoms with Crippen LogP contribution in [0.4, 0.5) is 0 Å². The van der Waals surface area contributed by atoms with Gasteiger partial charge in [0.25, 0.3) is 0 Å². The van der Waals surface area contributed by atoms with E-state index in [0.717, 1.165) is 5.75 Å². The molecular weight excluding hydrogens is 138 g/mol. The largest absolute Gasteiger partial charge is 0.488 e. The van der Waals surface area contributed by atoms with E-state index in [0.29, 0.717) is 6.10 Å². The summed E-state index contributed by atoms with van der Waals surface area (Å²) in [7, 11) is 0. The normalized spacial score (nSPS) is 17.5. The van der Waals surface area contributed by atoms with Crippen LogP contribution in [-0.4, -0.2) is 11.1 Å². The molecule has 0 unspecified atom stereocenters. The van der Waals surface area contributed by atoms with E-state index in [1.165, 1.54) is 19.3 Å². The molecule has 0 aromatic carbocycles. The molecule has 0 atom stereocenters. The van der Waals surface area contributed by atoms with Crippen LogP contribution in [0.3, 0.4) is 0 Å². The molecule has 1 fully saturated rings. The maximum absolute atomic E-state index is 5.53. The Bertz CT molecular complexity index is 218. The van der Waals surface area contributed by atoms with Crippen molar-refractivity contribution in [1.82, 2.24) is 4.98 Å². The molecule has 0 saturated heterocycles. The Hall–Kier alpha value is -1.05. The first-order valence-electron chi connectivity index (χ1n) is 3.94. The summed E-state index contributed by atoms with van der Waals surface area (Å²) in [4.78, 5) is 3.85. The van der Waals surface area contributed by atoms with Crippen molar-refractivity contribution in [3.05, 3.63) is 24.5 Å². The van der Waals surface area contributed by atoms with E-state index < -0.39 is 0 Å². The lowest BCUT2D eigenvalue weighted by atomic mass is 9.96. The Balaban J connectivity index is 1.95. The number of pyridine rings is 1. The van der Waals surface area contributed by atoms with Gasteiger partial charge in [0.15, 0.2) is 0 Å². The van der Waals surface area contributed by atoms with Gasteiger partial charge in [-0.3, -0.25) is 4.98 Å². The minimum Gasteiger partial charge on any atom is -0.488 e. The van der Waals surface area contributed by atoms with Crippen LogP contribution in [0, 0.1) is 6.20 Å². The first kappa shape index (κ1) is 6.65. The lowest BCUT2D eigenvalue weighted by molar-refractivity contribution is 0.119. The molecule has 1 aromatic heterocycles. The summed E-state index contributed by atoms with van der Waals surface area (Å²) in [5.74, 6) is 0.775. The zero-order valence-electron chi connectivity index (χ0n) is 6.29. The SMILES string of the molecule is [c]1ncccc1OC1CCC1. The molecule has 57 valence electrons. The molecule has 1 aliphatic carbocycles. The second-order valence-electron chi connectivity index (χ2n) is 2.78. The molecule has 2 rings (SSSR count). The number of hydrogen-bond acceptors (Lipinski definition) is 2. The van der Waals surface area contributed by atoms with Gasteiger partial charge < -0.3 is 4.74 Å². The highest BCUT2D eigenvalue weighted by atomic mass is 16.5. The van der Waals surface area contributed by atoms with Crippen molar-refractivity contribution in [3.63, 3.8) is 0 Å². The van der Waals surface area contributed by atoms with E-state index in [4.69, 9.17) is 4.74 Å². The van der Waals surface area contributed by atoms with Gasteiger partial charge in [0.2, 0.25) is 0 Å². The zero-order chi connectivity index (χ0) is 7.52. The predicted molar refractivity (Wildman–Crippen MR) is 41.3 cm³/mol. The fourth-order valence-corrected chi connectivity index (χ4v) is 1.05. The first-order chi connectivity index (χ1) is 5.45. The summed E-state index contributed by atoms with van der Waals surface area (Å²) in [6.07, 6.45) is 8.59. The molecule has 1 heterocycles. The third kappa shape index (κ3) is 1.50. The van der Waals surface area contributed by atoms with E-state index >= 15 is 0 Å². The average molecular weight is 148 g/mol. The van der Waals surface area contributed by atoms with Gasteiger partial charge >= 0.3 is 0 Å². The molecule has 1 radical (unpaired) electrons. The van der Waals surface area contributed by atoms with Crippen molar-refractivity contribution in [2.45, 2.75) is 25.4 Å².